The van der Waals surface area contributed by atoms with E-state index in [2.05, 4.69) is 5.32 Å². The van der Waals surface area contributed by atoms with Gasteiger partial charge in [-0.05, 0) is 12.1 Å². The third-order valence-corrected chi connectivity index (χ3v) is 2.63. The zero-order valence-corrected chi connectivity index (χ0v) is 9.39. The van der Waals surface area contributed by atoms with Crippen LogP contribution in [0.3, 0.4) is 0 Å². The summed E-state index contributed by atoms with van der Waals surface area (Å²) >= 11 is 0. The van der Waals surface area contributed by atoms with E-state index in [4.69, 9.17) is 10.4 Å². The van der Waals surface area contributed by atoms with Crippen LogP contribution >= 0.6 is 0 Å². The summed E-state index contributed by atoms with van der Waals surface area (Å²) in [6.07, 6.45) is 0. The van der Waals surface area contributed by atoms with Gasteiger partial charge in [0.15, 0.2) is 11.6 Å². The Bertz CT molecular complexity index is 543. The minimum absolute atomic E-state index is 0.156. The highest BCUT2D eigenvalue weighted by Gasteiger charge is 2.11. The van der Waals surface area contributed by atoms with Gasteiger partial charge in [-0.3, -0.25) is 0 Å². The van der Waals surface area contributed by atoms with Crippen LogP contribution < -0.4 is 10.5 Å². The maximum Gasteiger partial charge on any atom is 0.210 e. The lowest BCUT2D eigenvalue weighted by Crippen LogP contribution is -2.23. The van der Waals surface area contributed by atoms with Gasteiger partial charge in [0.25, 0.3) is 0 Å². The zero-order chi connectivity index (χ0) is 13.1. The minimum Gasteiger partial charge on any atom is -0.379 e. The summed E-state index contributed by atoms with van der Waals surface area (Å²) in [6.45, 7) is -0.224. The molecule has 0 saturated heterocycles. The molecule has 0 fully saturated rings. The quantitative estimate of drug-likeness (QED) is 0.826. The Morgan fingerprint density at radius 3 is 2.29 bits per heavy atom. The van der Waals surface area contributed by atoms with Crippen molar-refractivity contribution in [2.24, 2.45) is 5.14 Å². The summed E-state index contributed by atoms with van der Waals surface area (Å²) in [5, 5.41) is 15.5. The highest BCUT2D eigenvalue weighted by atomic mass is 32.2. The average Bonchev–Trinajstić information content (AvgIpc) is 2.20. The maximum atomic E-state index is 13.3. The van der Waals surface area contributed by atoms with Crippen LogP contribution in [0.1, 0.15) is 5.56 Å². The van der Waals surface area contributed by atoms with E-state index in [0.29, 0.717) is 0 Å². The lowest BCUT2D eigenvalue weighted by atomic mass is 10.2. The van der Waals surface area contributed by atoms with Crippen LogP contribution in [0.15, 0.2) is 12.1 Å². The summed E-state index contributed by atoms with van der Waals surface area (Å²) in [5.74, 6) is -2.38. The van der Waals surface area contributed by atoms with Crippen LogP contribution in [0.4, 0.5) is 14.5 Å². The van der Waals surface area contributed by atoms with E-state index in [0.717, 1.165) is 12.1 Å². The summed E-state index contributed by atoms with van der Waals surface area (Å²) in [7, 11) is -3.69. The molecule has 3 N–H and O–H groups in total. The monoisotopic (exact) mass is 261 g/mol. The normalized spacial score (nSPS) is 10.9. The molecule has 0 bridgehead atoms. The molecule has 0 aromatic heterocycles. The van der Waals surface area contributed by atoms with Crippen molar-refractivity contribution in [2.45, 2.75) is 0 Å². The van der Waals surface area contributed by atoms with Gasteiger partial charge >= 0.3 is 0 Å². The fourth-order valence-corrected chi connectivity index (χ4v) is 1.51. The first-order valence-corrected chi connectivity index (χ1v) is 6.18. The molecular weight excluding hydrogens is 252 g/mol. The molecule has 1 aromatic carbocycles. The van der Waals surface area contributed by atoms with Crippen molar-refractivity contribution in [2.75, 3.05) is 17.6 Å². The van der Waals surface area contributed by atoms with E-state index in [1.54, 1.807) is 6.07 Å². The standard InChI is InChI=1S/C9H9F2N3O2S/c10-7-3-6(5-12)4-8(11)9(7)14-1-2-17(13,15)16/h3-4,14H,1-2H2,(H2,13,15,16). The Labute approximate surface area is 96.9 Å². The molecule has 0 amide bonds. The number of primary sulfonamides is 1. The summed E-state index contributed by atoms with van der Waals surface area (Å²) in [6, 6.07) is 3.29. The average molecular weight is 261 g/mol. The number of nitrogens with zero attached hydrogens (tertiary/aromatic N) is 1. The smallest absolute Gasteiger partial charge is 0.210 e. The van der Waals surface area contributed by atoms with E-state index in [1.807, 2.05) is 0 Å². The molecule has 1 rings (SSSR count). The van der Waals surface area contributed by atoms with E-state index in [-0.39, 0.29) is 12.1 Å². The molecule has 0 saturated carbocycles. The summed E-state index contributed by atoms with van der Waals surface area (Å²) in [4.78, 5) is 0. The minimum atomic E-state index is -3.69. The number of anilines is 1. The number of nitrogens with two attached hydrogens (primary N) is 1. The molecule has 0 unspecified atom stereocenters. The first-order valence-electron chi connectivity index (χ1n) is 4.47. The molecule has 0 aliphatic carbocycles. The van der Waals surface area contributed by atoms with Crippen LogP contribution in [-0.4, -0.2) is 20.7 Å². The molecule has 0 aliphatic heterocycles. The van der Waals surface area contributed by atoms with Crippen molar-refractivity contribution < 1.29 is 17.2 Å². The number of halogens is 2. The van der Waals surface area contributed by atoms with E-state index >= 15 is 0 Å². The zero-order valence-electron chi connectivity index (χ0n) is 8.57. The lowest BCUT2D eigenvalue weighted by molar-refractivity contribution is 0.585. The maximum absolute atomic E-state index is 13.3. The Morgan fingerprint density at radius 1 is 1.35 bits per heavy atom. The van der Waals surface area contributed by atoms with E-state index < -0.39 is 33.1 Å². The fourth-order valence-electron chi connectivity index (χ4n) is 1.12. The number of nitrogens with one attached hydrogen (secondary N) is 1. The van der Waals surface area contributed by atoms with E-state index in [9.17, 15) is 17.2 Å². The van der Waals surface area contributed by atoms with Crippen molar-refractivity contribution >= 4 is 15.7 Å². The second kappa shape index (κ2) is 5.07. The Hall–Kier alpha value is -1.72. The molecule has 0 atom stereocenters. The van der Waals surface area contributed by atoms with Gasteiger partial charge in [-0.15, -0.1) is 0 Å². The number of nitriles is 1. The predicted molar refractivity (Wildman–Crippen MR) is 57.5 cm³/mol. The summed E-state index contributed by atoms with van der Waals surface area (Å²) < 4.78 is 47.8. The van der Waals surface area contributed by atoms with Gasteiger partial charge in [0.1, 0.15) is 5.69 Å². The third-order valence-electron chi connectivity index (χ3n) is 1.86. The Balaban J connectivity index is 2.83. The van der Waals surface area contributed by atoms with Crippen LogP contribution in [-0.2, 0) is 10.0 Å². The van der Waals surface area contributed by atoms with Gasteiger partial charge in [-0.25, -0.2) is 22.3 Å². The number of hydrogen-bond acceptors (Lipinski definition) is 4. The number of rotatable bonds is 4. The number of benzene rings is 1. The van der Waals surface area contributed by atoms with Gasteiger partial charge in [0.05, 0.1) is 17.4 Å². The molecule has 0 spiro atoms. The van der Waals surface area contributed by atoms with Crippen molar-refractivity contribution in [3.05, 3.63) is 29.3 Å². The first-order chi connectivity index (χ1) is 7.83. The Kier molecular flexibility index (Phi) is 3.98. The lowest BCUT2D eigenvalue weighted by Gasteiger charge is -2.08. The van der Waals surface area contributed by atoms with Crippen molar-refractivity contribution in [3.8, 4) is 6.07 Å². The predicted octanol–water partition coefficient (Wildman–Crippen LogP) is 0.537. The molecule has 0 aliphatic rings. The molecule has 0 heterocycles. The number of hydrogen-bond donors (Lipinski definition) is 2. The topological polar surface area (TPSA) is 96.0 Å². The highest BCUT2D eigenvalue weighted by Crippen LogP contribution is 2.20. The summed E-state index contributed by atoms with van der Waals surface area (Å²) in [5.41, 5.74) is -0.635. The van der Waals surface area contributed by atoms with Gasteiger partial charge in [0, 0.05) is 6.54 Å². The van der Waals surface area contributed by atoms with Gasteiger partial charge < -0.3 is 5.32 Å². The molecule has 5 nitrogen and oxygen atoms in total. The van der Waals surface area contributed by atoms with Gasteiger partial charge in [0.2, 0.25) is 10.0 Å². The van der Waals surface area contributed by atoms with Crippen molar-refractivity contribution in [1.29, 1.82) is 5.26 Å². The first kappa shape index (κ1) is 13.3. The SMILES string of the molecule is N#Cc1cc(F)c(NCCS(N)(=O)=O)c(F)c1. The van der Waals surface area contributed by atoms with Gasteiger partial charge in [-0.2, -0.15) is 5.26 Å². The third kappa shape index (κ3) is 3.97. The molecule has 8 heteroatoms. The second-order valence-electron chi connectivity index (χ2n) is 3.22. The molecule has 1 aromatic rings. The van der Waals surface area contributed by atoms with Crippen LogP contribution in [0, 0.1) is 23.0 Å². The van der Waals surface area contributed by atoms with Crippen LogP contribution in [0.25, 0.3) is 0 Å². The fraction of sp³-hybridized carbons (Fsp3) is 0.222. The Morgan fingerprint density at radius 2 is 1.88 bits per heavy atom. The van der Waals surface area contributed by atoms with Crippen LogP contribution in [0.5, 0.6) is 0 Å². The largest absolute Gasteiger partial charge is 0.379 e. The molecule has 0 radical (unpaired) electrons. The van der Waals surface area contributed by atoms with Gasteiger partial charge in [-0.1, -0.05) is 0 Å². The molecule has 17 heavy (non-hydrogen) atoms. The van der Waals surface area contributed by atoms with E-state index in [1.165, 1.54) is 0 Å². The second-order valence-corrected chi connectivity index (χ2v) is 4.95. The molecular formula is C9H9F2N3O2S. The van der Waals surface area contributed by atoms with Crippen molar-refractivity contribution in [1.82, 2.24) is 0 Å². The molecule has 92 valence electrons. The highest BCUT2D eigenvalue weighted by molar-refractivity contribution is 7.89. The van der Waals surface area contributed by atoms with Crippen LogP contribution in [0.2, 0.25) is 0 Å². The number of sulfonamides is 1. The van der Waals surface area contributed by atoms with Crippen molar-refractivity contribution in [3.63, 3.8) is 0 Å².